The van der Waals surface area contributed by atoms with Crippen molar-refractivity contribution >= 4 is 0 Å². The summed E-state index contributed by atoms with van der Waals surface area (Å²) in [5.74, 6) is 1.61. The van der Waals surface area contributed by atoms with Crippen LogP contribution in [0.2, 0.25) is 0 Å². The maximum Gasteiger partial charge on any atom is 0.226 e. The van der Waals surface area contributed by atoms with E-state index in [9.17, 15) is 0 Å². The van der Waals surface area contributed by atoms with Gasteiger partial charge in [-0.2, -0.15) is 5.10 Å². The zero-order valence-corrected chi connectivity index (χ0v) is 14.1. The highest BCUT2D eigenvalue weighted by Crippen LogP contribution is 2.36. The normalized spacial score (nSPS) is 18.3. The zero-order valence-electron chi connectivity index (χ0n) is 14.1. The Labute approximate surface area is 141 Å². The fourth-order valence-electron chi connectivity index (χ4n) is 3.69. The molecule has 1 fully saturated rings. The van der Waals surface area contributed by atoms with E-state index in [1.165, 1.54) is 24.1 Å². The van der Waals surface area contributed by atoms with Crippen molar-refractivity contribution in [2.24, 2.45) is 0 Å². The second-order valence-corrected chi connectivity index (χ2v) is 6.47. The minimum atomic E-state index is 0.411. The van der Waals surface area contributed by atoms with E-state index in [0.29, 0.717) is 11.9 Å². The summed E-state index contributed by atoms with van der Waals surface area (Å²) in [5, 5.41) is 7.47. The first-order valence-corrected chi connectivity index (χ1v) is 8.48. The molecule has 1 aliphatic heterocycles. The van der Waals surface area contributed by atoms with E-state index in [1.54, 1.807) is 0 Å². The van der Waals surface area contributed by atoms with E-state index in [1.807, 2.05) is 36.5 Å². The summed E-state index contributed by atoms with van der Waals surface area (Å²) < 4.78 is 5.98. The molecule has 3 heterocycles. The molecule has 2 aromatic heterocycles. The minimum Gasteiger partial charge on any atom is -0.440 e. The largest absolute Gasteiger partial charge is 0.440 e. The van der Waals surface area contributed by atoms with Gasteiger partial charge in [-0.15, -0.1) is 0 Å². The van der Waals surface area contributed by atoms with E-state index in [2.05, 4.69) is 33.9 Å². The third-order valence-corrected chi connectivity index (χ3v) is 4.82. The summed E-state index contributed by atoms with van der Waals surface area (Å²) in [7, 11) is 0. The number of nitrogens with one attached hydrogen (secondary N) is 1. The quantitative estimate of drug-likeness (QED) is 0.788. The van der Waals surface area contributed by atoms with Gasteiger partial charge in [0, 0.05) is 22.9 Å². The molecule has 1 unspecified atom stereocenters. The van der Waals surface area contributed by atoms with Crippen LogP contribution in [0.1, 0.15) is 41.6 Å². The van der Waals surface area contributed by atoms with E-state index < -0.39 is 0 Å². The number of aryl methyl sites for hydroxylation is 2. The van der Waals surface area contributed by atoms with Crippen molar-refractivity contribution in [1.82, 2.24) is 20.1 Å². The van der Waals surface area contributed by atoms with Crippen molar-refractivity contribution in [2.45, 2.75) is 39.3 Å². The van der Waals surface area contributed by atoms with Crippen molar-refractivity contribution in [3.05, 3.63) is 59.2 Å². The Morgan fingerprint density at radius 1 is 1.25 bits per heavy atom. The number of oxazole rings is 1. The number of benzene rings is 1. The molecule has 1 atom stereocenters. The Morgan fingerprint density at radius 3 is 2.83 bits per heavy atom. The predicted molar refractivity (Wildman–Crippen MR) is 92.4 cm³/mol. The lowest BCUT2D eigenvalue weighted by atomic mass is 10.0. The van der Waals surface area contributed by atoms with Gasteiger partial charge >= 0.3 is 0 Å². The van der Waals surface area contributed by atoms with Gasteiger partial charge in [-0.25, -0.2) is 4.98 Å². The fourth-order valence-corrected chi connectivity index (χ4v) is 3.69. The van der Waals surface area contributed by atoms with Gasteiger partial charge in [-0.3, -0.25) is 10.00 Å². The molecule has 5 heteroatoms. The summed E-state index contributed by atoms with van der Waals surface area (Å²) in [4.78, 5) is 6.91. The second kappa shape index (κ2) is 6.24. The number of aromatic amines is 1. The molecule has 124 valence electrons. The predicted octanol–water partition coefficient (Wildman–Crippen LogP) is 4.02. The Balaban J connectivity index is 1.54. The lowest BCUT2D eigenvalue weighted by Crippen LogP contribution is -2.23. The maximum absolute atomic E-state index is 5.98. The van der Waals surface area contributed by atoms with Crippen LogP contribution in [-0.2, 0) is 6.54 Å². The third-order valence-electron chi connectivity index (χ3n) is 4.82. The van der Waals surface area contributed by atoms with Crippen molar-refractivity contribution in [3.8, 4) is 11.5 Å². The first-order chi connectivity index (χ1) is 11.7. The molecule has 0 aliphatic carbocycles. The molecule has 0 spiro atoms. The molecule has 0 radical (unpaired) electrons. The lowest BCUT2D eigenvalue weighted by Gasteiger charge is -2.23. The highest BCUT2D eigenvalue weighted by molar-refractivity contribution is 5.52. The number of likely N-dealkylation sites (tertiary alicyclic amines) is 1. The number of nitrogens with zero attached hydrogens (tertiary/aromatic N) is 3. The van der Waals surface area contributed by atoms with Gasteiger partial charge in [0.25, 0.3) is 0 Å². The molecule has 24 heavy (non-hydrogen) atoms. The maximum atomic E-state index is 5.98. The number of H-pyrrole nitrogens is 1. The van der Waals surface area contributed by atoms with Crippen LogP contribution >= 0.6 is 0 Å². The molecule has 3 aromatic rings. The molecule has 4 rings (SSSR count). The third kappa shape index (κ3) is 2.76. The molecular formula is C19H22N4O. The van der Waals surface area contributed by atoms with Crippen LogP contribution in [0.3, 0.4) is 0 Å². The van der Waals surface area contributed by atoms with Crippen LogP contribution in [0.15, 0.2) is 40.9 Å². The first kappa shape index (κ1) is 15.1. The number of hydrogen-bond acceptors (Lipinski definition) is 4. The molecule has 0 saturated carbocycles. The molecular weight excluding hydrogens is 300 g/mol. The number of hydrogen-bond donors (Lipinski definition) is 1. The molecule has 0 amide bonds. The Morgan fingerprint density at radius 2 is 2.08 bits per heavy atom. The topological polar surface area (TPSA) is 58.0 Å². The summed E-state index contributed by atoms with van der Waals surface area (Å²) in [6, 6.07) is 10.4. The van der Waals surface area contributed by atoms with Gasteiger partial charge in [0.05, 0.1) is 18.4 Å². The molecule has 1 N–H and O–H groups in total. The number of rotatable bonds is 4. The summed E-state index contributed by atoms with van der Waals surface area (Å²) in [6.45, 7) is 6.05. The van der Waals surface area contributed by atoms with E-state index in [-0.39, 0.29) is 0 Å². The highest BCUT2D eigenvalue weighted by Gasteiger charge is 2.30. The van der Waals surface area contributed by atoms with E-state index in [4.69, 9.17) is 4.42 Å². The number of aromatic nitrogens is 3. The summed E-state index contributed by atoms with van der Waals surface area (Å²) in [6.07, 6.45) is 4.22. The van der Waals surface area contributed by atoms with Gasteiger partial charge in [-0.1, -0.05) is 18.2 Å². The molecule has 1 saturated heterocycles. The van der Waals surface area contributed by atoms with E-state index >= 15 is 0 Å². The Hall–Kier alpha value is -2.40. The smallest absolute Gasteiger partial charge is 0.226 e. The van der Waals surface area contributed by atoms with Crippen molar-refractivity contribution in [1.29, 1.82) is 0 Å². The highest BCUT2D eigenvalue weighted by atomic mass is 16.4. The monoisotopic (exact) mass is 322 g/mol. The van der Waals surface area contributed by atoms with Crippen LogP contribution in [0, 0.1) is 13.8 Å². The first-order valence-electron chi connectivity index (χ1n) is 8.48. The van der Waals surface area contributed by atoms with E-state index in [0.717, 1.165) is 30.1 Å². The van der Waals surface area contributed by atoms with Crippen LogP contribution in [0.25, 0.3) is 11.5 Å². The van der Waals surface area contributed by atoms with Crippen molar-refractivity contribution in [3.63, 3.8) is 0 Å². The Kier molecular flexibility index (Phi) is 3.94. The molecule has 1 aliphatic rings. The van der Waals surface area contributed by atoms with Gasteiger partial charge in [0.15, 0.2) is 0 Å². The van der Waals surface area contributed by atoms with Crippen LogP contribution in [0.5, 0.6) is 0 Å². The molecule has 0 bridgehead atoms. The second-order valence-electron chi connectivity index (χ2n) is 6.47. The van der Waals surface area contributed by atoms with Gasteiger partial charge in [-0.05, 0) is 45.4 Å². The molecule has 5 nitrogen and oxygen atoms in total. The molecule has 1 aromatic carbocycles. The zero-order chi connectivity index (χ0) is 16.5. The average molecular weight is 322 g/mol. The minimum absolute atomic E-state index is 0.411. The van der Waals surface area contributed by atoms with Crippen molar-refractivity contribution in [2.75, 3.05) is 6.54 Å². The van der Waals surface area contributed by atoms with Crippen molar-refractivity contribution < 1.29 is 4.42 Å². The average Bonchev–Trinajstić information content (AvgIpc) is 3.31. The van der Waals surface area contributed by atoms with Crippen LogP contribution in [-0.4, -0.2) is 26.6 Å². The lowest BCUT2D eigenvalue weighted by molar-refractivity contribution is 0.228. The standard InChI is InChI=1S/C19H22N4O/c1-13-18(14(2)22-21-13)17-9-6-10-23(17)12-16-11-20-19(24-16)15-7-4-3-5-8-15/h3-5,7-8,11,17H,6,9-10,12H2,1-2H3,(H,21,22). The fraction of sp³-hybridized carbons (Fsp3) is 0.368. The van der Waals surface area contributed by atoms with Gasteiger partial charge < -0.3 is 4.42 Å². The summed E-state index contributed by atoms with van der Waals surface area (Å²) in [5.41, 5.74) is 4.64. The van der Waals surface area contributed by atoms with Crippen LogP contribution in [0.4, 0.5) is 0 Å². The van der Waals surface area contributed by atoms with Gasteiger partial charge in [0.2, 0.25) is 5.89 Å². The van der Waals surface area contributed by atoms with Gasteiger partial charge in [0.1, 0.15) is 5.76 Å². The SMILES string of the molecule is Cc1n[nH]c(C)c1C1CCCN1Cc1cnc(-c2ccccc2)o1. The Bertz CT molecular complexity index is 802. The van der Waals surface area contributed by atoms with Crippen LogP contribution < -0.4 is 0 Å². The summed E-state index contributed by atoms with van der Waals surface area (Å²) >= 11 is 0.